The van der Waals surface area contributed by atoms with E-state index < -0.39 is 5.41 Å². The fourth-order valence-corrected chi connectivity index (χ4v) is 3.98. The molecule has 2 atom stereocenters. The maximum Gasteiger partial charge on any atom is 0.228 e. The minimum Gasteiger partial charge on any atom is -0.381 e. The van der Waals surface area contributed by atoms with Crippen molar-refractivity contribution in [2.75, 3.05) is 38.3 Å². The molecule has 2 aliphatic heterocycles. The van der Waals surface area contributed by atoms with Crippen molar-refractivity contribution in [3.05, 3.63) is 30.6 Å². The molecule has 0 aromatic carbocycles. The maximum atomic E-state index is 12.6. The number of fused-ring (bicyclic) bond motifs is 1. The normalized spacial score (nSPS) is 25.7. The van der Waals surface area contributed by atoms with Crippen molar-refractivity contribution in [1.29, 1.82) is 0 Å². The van der Waals surface area contributed by atoms with Crippen LogP contribution in [0.2, 0.25) is 0 Å². The zero-order valence-corrected chi connectivity index (χ0v) is 14.5. The number of aryl methyl sites for hydroxylation is 1. The predicted octanol–water partition coefficient (Wildman–Crippen LogP) is 0.560. The van der Waals surface area contributed by atoms with Crippen LogP contribution in [-0.4, -0.2) is 58.8 Å². The Morgan fingerprint density at radius 3 is 3.00 bits per heavy atom. The van der Waals surface area contributed by atoms with E-state index in [0.29, 0.717) is 19.8 Å². The molecule has 25 heavy (non-hydrogen) atoms. The number of carbonyl (C=O) groups excluding carboxylic acids is 1. The first-order valence-corrected chi connectivity index (χ1v) is 8.51. The Bertz CT molecular complexity index is 791. The second-order valence-electron chi connectivity index (χ2n) is 6.72. The smallest absolute Gasteiger partial charge is 0.228 e. The summed E-state index contributed by atoms with van der Waals surface area (Å²) in [6.45, 7) is 4.54. The van der Waals surface area contributed by atoms with Gasteiger partial charge in [0.15, 0.2) is 5.82 Å². The van der Waals surface area contributed by atoms with E-state index in [0.717, 1.165) is 30.4 Å². The van der Waals surface area contributed by atoms with E-state index in [1.54, 1.807) is 25.6 Å². The van der Waals surface area contributed by atoms with Crippen molar-refractivity contribution in [2.24, 2.45) is 11.3 Å². The van der Waals surface area contributed by atoms with Crippen LogP contribution in [0.3, 0.4) is 0 Å². The van der Waals surface area contributed by atoms with Crippen molar-refractivity contribution in [3.63, 3.8) is 0 Å². The third-order valence-corrected chi connectivity index (χ3v) is 5.39. The number of hydrogen-bond acceptors (Lipinski definition) is 6. The van der Waals surface area contributed by atoms with Gasteiger partial charge in [-0.3, -0.25) is 14.3 Å². The van der Waals surface area contributed by atoms with Crippen molar-refractivity contribution in [1.82, 2.24) is 24.8 Å². The van der Waals surface area contributed by atoms with E-state index in [9.17, 15) is 4.79 Å². The summed E-state index contributed by atoms with van der Waals surface area (Å²) >= 11 is 0. The van der Waals surface area contributed by atoms with Crippen LogP contribution in [0.4, 0.5) is 5.82 Å². The van der Waals surface area contributed by atoms with Crippen molar-refractivity contribution < 1.29 is 9.53 Å². The molecule has 0 saturated carbocycles. The Kier molecular flexibility index (Phi) is 3.91. The highest BCUT2D eigenvalue weighted by atomic mass is 16.5. The largest absolute Gasteiger partial charge is 0.381 e. The molecule has 2 aromatic rings. The average Bonchev–Trinajstić information content (AvgIpc) is 3.25. The summed E-state index contributed by atoms with van der Waals surface area (Å²) in [6, 6.07) is 0. The molecule has 1 N–H and O–H groups in total. The first-order valence-electron chi connectivity index (χ1n) is 8.51. The summed E-state index contributed by atoms with van der Waals surface area (Å²) in [5.41, 5.74) is -0.407. The first kappa shape index (κ1) is 16.0. The summed E-state index contributed by atoms with van der Waals surface area (Å²) in [4.78, 5) is 28.1. The number of amides is 1. The van der Waals surface area contributed by atoms with E-state index in [1.165, 1.54) is 0 Å². The molecule has 8 heteroatoms. The number of aromatic nitrogens is 4. The molecule has 0 aliphatic carbocycles. The molecule has 0 unspecified atom stereocenters. The molecule has 2 aromatic heterocycles. The fraction of sp³-hybridized carbons (Fsp3) is 0.529. The predicted molar refractivity (Wildman–Crippen MR) is 91.5 cm³/mol. The Labute approximate surface area is 146 Å². The van der Waals surface area contributed by atoms with Crippen molar-refractivity contribution >= 4 is 11.7 Å². The van der Waals surface area contributed by atoms with Gasteiger partial charge in [0.1, 0.15) is 11.6 Å². The molecule has 2 aliphatic rings. The SMILES string of the molecule is CNC(=O)[C@]12CCOC[C@H]1CN(c1cncc(-n3ccnc3C)n1)C2. The fourth-order valence-electron chi connectivity index (χ4n) is 3.98. The molecule has 2 saturated heterocycles. The second-order valence-corrected chi connectivity index (χ2v) is 6.72. The minimum atomic E-state index is -0.407. The summed E-state index contributed by atoms with van der Waals surface area (Å²) in [5.74, 6) is 2.63. The molecule has 1 amide bonds. The van der Waals surface area contributed by atoms with Gasteiger partial charge >= 0.3 is 0 Å². The Balaban J connectivity index is 1.65. The molecule has 8 nitrogen and oxygen atoms in total. The third-order valence-electron chi connectivity index (χ3n) is 5.39. The van der Waals surface area contributed by atoms with Gasteiger partial charge in [0.2, 0.25) is 5.91 Å². The zero-order chi connectivity index (χ0) is 17.4. The van der Waals surface area contributed by atoms with E-state index in [-0.39, 0.29) is 11.8 Å². The Morgan fingerprint density at radius 2 is 2.24 bits per heavy atom. The van der Waals surface area contributed by atoms with E-state index in [1.807, 2.05) is 17.7 Å². The number of nitrogens with one attached hydrogen (secondary N) is 1. The Hall–Kier alpha value is -2.48. The number of carbonyl (C=O) groups is 1. The monoisotopic (exact) mass is 342 g/mol. The van der Waals surface area contributed by atoms with Crippen LogP contribution in [0.1, 0.15) is 12.2 Å². The van der Waals surface area contributed by atoms with Crippen LogP contribution in [0.5, 0.6) is 0 Å². The first-order chi connectivity index (χ1) is 12.1. The van der Waals surface area contributed by atoms with Gasteiger partial charge in [0, 0.05) is 45.1 Å². The molecule has 2 fully saturated rings. The number of anilines is 1. The van der Waals surface area contributed by atoms with Crippen LogP contribution in [0.25, 0.3) is 5.82 Å². The molecule has 0 bridgehead atoms. The topological polar surface area (TPSA) is 85.2 Å². The molecule has 0 spiro atoms. The van der Waals surface area contributed by atoms with Gasteiger partial charge in [-0.05, 0) is 13.3 Å². The lowest BCUT2D eigenvalue weighted by Crippen LogP contribution is -2.49. The highest BCUT2D eigenvalue weighted by molar-refractivity contribution is 5.84. The number of nitrogens with zero attached hydrogens (tertiary/aromatic N) is 5. The molecule has 0 radical (unpaired) electrons. The summed E-state index contributed by atoms with van der Waals surface area (Å²) in [5, 5.41) is 2.84. The van der Waals surface area contributed by atoms with Gasteiger partial charge < -0.3 is 15.0 Å². The molecular formula is C17H22N6O2. The molecule has 4 heterocycles. The average molecular weight is 342 g/mol. The molecular weight excluding hydrogens is 320 g/mol. The van der Waals surface area contributed by atoms with Crippen LogP contribution in [-0.2, 0) is 9.53 Å². The van der Waals surface area contributed by atoms with Crippen LogP contribution >= 0.6 is 0 Å². The van der Waals surface area contributed by atoms with Gasteiger partial charge in [-0.2, -0.15) is 0 Å². The summed E-state index contributed by atoms with van der Waals surface area (Å²) in [6.07, 6.45) is 7.82. The Morgan fingerprint density at radius 1 is 1.40 bits per heavy atom. The lowest BCUT2D eigenvalue weighted by Gasteiger charge is -2.36. The number of ether oxygens (including phenoxy) is 1. The third kappa shape index (κ3) is 2.57. The van der Waals surface area contributed by atoms with E-state index in [2.05, 4.69) is 20.2 Å². The van der Waals surface area contributed by atoms with Crippen LogP contribution < -0.4 is 10.2 Å². The van der Waals surface area contributed by atoms with Gasteiger partial charge in [0.05, 0.1) is 24.4 Å². The number of hydrogen-bond donors (Lipinski definition) is 1. The van der Waals surface area contributed by atoms with Crippen LogP contribution in [0, 0.1) is 18.3 Å². The number of rotatable bonds is 3. The van der Waals surface area contributed by atoms with Crippen molar-refractivity contribution in [2.45, 2.75) is 13.3 Å². The summed E-state index contributed by atoms with van der Waals surface area (Å²) < 4.78 is 7.53. The molecule has 132 valence electrons. The minimum absolute atomic E-state index is 0.0952. The quantitative estimate of drug-likeness (QED) is 0.877. The van der Waals surface area contributed by atoms with Gasteiger partial charge in [-0.25, -0.2) is 9.97 Å². The number of imidazole rings is 1. The summed E-state index contributed by atoms with van der Waals surface area (Å²) in [7, 11) is 1.70. The highest BCUT2D eigenvalue weighted by Crippen LogP contribution is 2.43. The lowest BCUT2D eigenvalue weighted by atomic mass is 9.73. The van der Waals surface area contributed by atoms with Gasteiger partial charge in [-0.15, -0.1) is 0 Å². The van der Waals surface area contributed by atoms with E-state index >= 15 is 0 Å². The standard InChI is InChI=1S/C17H22N6O2/c1-12-20-4-5-23(12)15-8-19-7-14(21-15)22-9-13-10-25-6-3-17(13,11-22)16(24)18-2/h4-5,7-8,13H,3,6,9-11H2,1-2H3,(H,18,24)/t13-,17+/m1/s1. The van der Waals surface area contributed by atoms with E-state index in [4.69, 9.17) is 9.72 Å². The molecule has 4 rings (SSSR count). The van der Waals surface area contributed by atoms with Gasteiger partial charge in [-0.1, -0.05) is 0 Å². The highest BCUT2D eigenvalue weighted by Gasteiger charge is 2.53. The second kappa shape index (κ2) is 6.11. The maximum absolute atomic E-state index is 12.6. The zero-order valence-electron chi connectivity index (χ0n) is 14.5. The van der Waals surface area contributed by atoms with Crippen molar-refractivity contribution in [3.8, 4) is 5.82 Å². The van der Waals surface area contributed by atoms with Crippen LogP contribution in [0.15, 0.2) is 24.8 Å². The van der Waals surface area contributed by atoms with Gasteiger partial charge in [0.25, 0.3) is 0 Å². The lowest BCUT2D eigenvalue weighted by molar-refractivity contribution is -0.138.